The lowest BCUT2D eigenvalue weighted by Crippen LogP contribution is -2.19. The number of aromatic nitrogens is 2. The van der Waals surface area contributed by atoms with Crippen molar-refractivity contribution in [2.45, 2.75) is 33.4 Å². The molecule has 0 fully saturated rings. The lowest BCUT2D eigenvalue weighted by Gasteiger charge is -2.09. The quantitative estimate of drug-likeness (QED) is 0.743. The van der Waals surface area contributed by atoms with E-state index in [1.165, 1.54) is 12.5 Å². The summed E-state index contributed by atoms with van der Waals surface area (Å²) in [6.07, 6.45) is 3.79. The fraction of sp³-hybridized carbons (Fsp3) is 0.238. The summed E-state index contributed by atoms with van der Waals surface area (Å²) in [7, 11) is 0. The lowest BCUT2D eigenvalue weighted by atomic mass is 10.0. The number of hydrogen-bond donors (Lipinski definition) is 2. The molecule has 1 aliphatic rings. The Kier molecular flexibility index (Phi) is 4.41. The molecule has 1 atom stereocenters. The molecule has 0 aliphatic carbocycles. The maximum Gasteiger partial charge on any atom is 0.221 e. The van der Waals surface area contributed by atoms with Crippen LogP contribution in [0.25, 0.3) is 16.6 Å². The van der Waals surface area contributed by atoms with Gasteiger partial charge in [0.1, 0.15) is 11.3 Å². The first-order valence-electron chi connectivity index (χ1n) is 8.97. The van der Waals surface area contributed by atoms with Crippen LogP contribution in [0.2, 0.25) is 0 Å². The van der Waals surface area contributed by atoms with Crippen LogP contribution in [0, 0.1) is 0 Å². The summed E-state index contributed by atoms with van der Waals surface area (Å²) in [5.41, 5.74) is 8.75. The van der Waals surface area contributed by atoms with Gasteiger partial charge in [-0.3, -0.25) is 9.78 Å². The summed E-state index contributed by atoms with van der Waals surface area (Å²) in [6.45, 7) is 6.21. The number of nitrogens with zero attached hydrogens (tertiary/aromatic N) is 2. The van der Waals surface area contributed by atoms with Gasteiger partial charge >= 0.3 is 0 Å². The van der Waals surface area contributed by atoms with Gasteiger partial charge in [0.05, 0.1) is 17.2 Å². The van der Waals surface area contributed by atoms with Crippen LogP contribution >= 0.6 is 0 Å². The normalized spacial score (nSPS) is 16.6. The number of pyridine rings is 1. The molecular weight excluding hydrogens is 340 g/mol. The first-order valence-corrected chi connectivity index (χ1v) is 8.97. The summed E-state index contributed by atoms with van der Waals surface area (Å²) < 4.78 is 2.12. The van der Waals surface area contributed by atoms with Crippen LogP contribution in [-0.2, 0) is 16.2 Å². The van der Waals surface area contributed by atoms with Crippen LogP contribution in [0.1, 0.15) is 31.9 Å². The summed E-state index contributed by atoms with van der Waals surface area (Å²) in [5.74, 6) is 0.743. The summed E-state index contributed by atoms with van der Waals surface area (Å²) >= 11 is 0. The molecule has 2 aromatic heterocycles. The van der Waals surface area contributed by atoms with Gasteiger partial charge in [-0.05, 0) is 25.5 Å². The van der Waals surface area contributed by atoms with Crippen LogP contribution in [0.5, 0.6) is 0 Å². The Hall–Kier alpha value is -3.12. The number of amides is 1. The molecule has 3 aromatic rings. The number of anilines is 1. The minimum absolute atomic E-state index is 0.0941. The van der Waals surface area contributed by atoms with Gasteiger partial charge in [0.15, 0.2) is 0 Å². The predicted octanol–water partition coefficient (Wildman–Crippen LogP) is 3.70. The zero-order valence-corrected chi connectivity index (χ0v) is 15.6. The Bertz CT molecular complexity index is 1040. The number of allylic oxidation sites excluding steroid dienone is 1. The van der Waals surface area contributed by atoms with Crippen LogP contribution < -0.4 is 10.8 Å². The monoisotopic (exact) mass is 362 g/mol. The molecule has 0 bridgehead atoms. The van der Waals surface area contributed by atoms with Crippen molar-refractivity contribution in [2.75, 3.05) is 5.32 Å². The van der Waals surface area contributed by atoms with Gasteiger partial charge in [-0.1, -0.05) is 30.3 Å². The highest BCUT2D eigenvalue weighted by Gasteiger charge is 2.23. The molecule has 1 aliphatic heterocycles. The lowest BCUT2D eigenvalue weighted by molar-refractivity contribution is -0.114. The zero-order valence-electron chi connectivity index (χ0n) is 15.6. The number of hydrogen-bond acceptors (Lipinski definition) is 4. The van der Waals surface area contributed by atoms with E-state index >= 15 is 0 Å². The number of nitrogens with one attached hydrogen (secondary N) is 2. The maximum atomic E-state index is 11.6. The minimum atomic E-state index is -0.111. The third-order valence-electron chi connectivity index (χ3n) is 4.74. The number of carbonyl (C=O) groups is 1. The molecule has 1 aromatic carbocycles. The van der Waals surface area contributed by atoms with Crippen LogP contribution in [0.3, 0.4) is 0 Å². The first-order chi connectivity index (χ1) is 13.0. The zero-order chi connectivity index (χ0) is 19.0. The predicted molar refractivity (Wildman–Crippen MR) is 106 cm³/mol. The first kappa shape index (κ1) is 17.3. The minimum Gasteiger partial charge on any atom is -0.413 e. The van der Waals surface area contributed by atoms with E-state index in [1.807, 2.05) is 37.5 Å². The highest BCUT2D eigenvalue weighted by molar-refractivity contribution is 6.00. The van der Waals surface area contributed by atoms with E-state index in [0.717, 1.165) is 33.6 Å². The molecule has 6 heteroatoms. The second kappa shape index (κ2) is 6.89. The van der Waals surface area contributed by atoms with Crippen molar-refractivity contribution in [1.82, 2.24) is 15.0 Å². The molecule has 0 radical (unpaired) electrons. The van der Waals surface area contributed by atoms with Crippen molar-refractivity contribution in [2.24, 2.45) is 0 Å². The van der Waals surface area contributed by atoms with Crippen molar-refractivity contribution in [3.8, 4) is 0 Å². The van der Waals surface area contributed by atoms with Crippen molar-refractivity contribution in [3.63, 3.8) is 0 Å². The summed E-state index contributed by atoms with van der Waals surface area (Å²) in [4.78, 5) is 21.7. The van der Waals surface area contributed by atoms with Crippen LogP contribution in [0.4, 0.5) is 5.69 Å². The van der Waals surface area contributed by atoms with Gasteiger partial charge in [-0.25, -0.2) is 0 Å². The number of carbonyl (C=O) groups excluding carboxylic acids is 1. The van der Waals surface area contributed by atoms with E-state index in [-0.39, 0.29) is 11.9 Å². The van der Waals surface area contributed by atoms with Gasteiger partial charge in [0.25, 0.3) is 0 Å². The number of rotatable bonds is 4. The molecular formula is C21H22N4O2. The topological polar surface area (TPSA) is 68.2 Å². The molecule has 4 rings (SSSR count). The number of benzene rings is 1. The molecule has 1 unspecified atom stereocenters. The summed E-state index contributed by atoms with van der Waals surface area (Å²) in [6, 6.07) is 12.4. The third kappa shape index (κ3) is 3.31. The van der Waals surface area contributed by atoms with Crippen molar-refractivity contribution in [1.29, 1.82) is 0 Å². The molecule has 6 nitrogen and oxygen atoms in total. The smallest absolute Gasteiger partial charge is 0.221 e. The average Bonchev–Trinajstić information content (AvgIpc) is 3.15. The molecule has 138 valence electrons. The standard InChI is InChI=1S/C21H22N4O2/c1-13-20(14(2)27-24-13)17-9-19-21(22-10-17)18(23-15(3)26)12-25(19)11-16-7-5-4-6-8-16/h4-10,12-13,24H,11H2,1-3H3,(H,23,26). The van der Waals surface area contributed by atoms with Gasteiger partial charge in [0, 0.05) is 37.0 Å². The van der Waals surface area contributed by atoms with Crippen molar-refractivity contribution < 1.29 is 9.63 Å². The van der Waals surface area contributed by atoms with Gasteiger partial charge in [-0.2, -0.15) is 0 Å². The molecule has 0 saturated heterocycles. The van der Waals surface area contributed by atoms with Crippen molar-refractivity contribution in [3.05, 3.63) is 65.7 Å². The highest BCUT2D eigenvalue weighted by Crippen LogP contribution is 2.32. The molecule has 0 spiro atoms. The van der Waals surface area contributed by atoms with E-state index in [4.69, 9.17) is 4.84 Å². The third-order valence-corrected chi connectivity index (χ3v) is 4.74. The molecule has 3 heterocycles. The molecule has 2 N–H and O–H groups in total. The van der Waals surface area contributed by atoms with E-state index in [0.29, 0.717) is 6.54 Å². The van der Waals surface area contributed by atoms with Gasteiger partial charge in [-0.15, -0.1) is 5.48 Å². The average molecular weight is 362 g/mol. The van der Waals surface area contributed by atoms with Crippen LogP contribution in [-0.4, -0.2) is 21.5 Å². The second-order valence-corrected chi connectivity index (χ2v) is 6.84. The Morgan fingerprint density at radius 1 is 1.33 bits per heavy atom. The maximum absolute atomic E-state index is 11.6. The van der Waals surface area contributed by atoms with E-state index in [2.05, 4.69) is 45.5 Å². The SMILES string of the molecule is CC(=O)Nc1cn(Cc2ccccc2)c2cc(C3=C(C)ONC3C)cnc12. The molecule has 1 amide bonds. The Labute approximate surface area is 157 Å². The Morgan fingerprint density at radius 2 is 2.11 bits per heavy atom. The second-order valence-electron chi connectivity index (χ2n) is 6.84. The van der Waals surface area contributed by atoms with Crippen molar-refractivity contribution >= 4 is 28.2 Å². The van der Waals surface area contributed by atoms with Crippen LogP contribution in [0.15, 0.2) is 54.6 Å². The fourth-order valence-corrected chi connectivity index (χ4v) is 3.55. The number of fused-ring (bicyclic) bond motifs is 1. The number of hydroxylamine groups is 1. The largest absolute Gasteiger partial charge is 0.413 e. The van der Waals surface area contributed by atoms with Gasteiger partial charge < -0.3 is 14.7 Å². The Balaban J connectivity index is 1.83. The molecule has 0 saturated carbocycles. The summed E-state index contributed by atoms with van der Waals surface area (Å²) in [5, 5.41) is 2.89. The van der Waals surface area contributed by atoms with E-state index < -0.39 is 0 Å². The highest BCUT2D eigenvalue weighted by atomic mass is 16.7. The van der Waals surface area contributed by atoms with E-state index in [1.54, 1.807) is 0 Å². The van der Waals surface area contributed by atoms with Gasteiger partial charge in [0.2, 0.25) is 5.91 Å². The molecule has 27 heavy (non-hydrogen) atoms. The van der Waals surface area contributed by atoms with E-state index in [9.17, 15) is 4.79 Å². The Morgan fingerprint density at radius 3 is 2.78 bits per heavy atom. The fourth-order valence-electron chi connectivity index (χ4n) is 3.55.